The van der Waals surface area contributed by atoms with Crippen LogP contribution in [0.25, 0.3) is 5.57 Å². The van der Waals surface area contributed by atoms with Crippen molar-refractivity contribution in [1.29, 1.82) is 0 Å². The maximum Gasteiger partial charge on any atom is 0.0836 e. The molecule has 1 aliphatic rings. The van der Waals surface area contributed by atoms with Gasteiger partial charge in [-0.15, -0.1) is 0 Å². The van der Waals surface area contributed by atoms with Gasteiger partial charge in [-0.1, -0.05) is 70.5 Å². The smallest absolute Gasteiger partial charge is 0.0836 e. The zero-order valence-electron chi connectivity index (χ0n) is 11.2. The van der Waals surface area contributed by atoms with Gasteiger partial charge in [0.2, 0.25) is 0 Å². The Morgan fingerprint density at radius 1 is 1.05 bits per heavy atom. The number of allylic oxidation sites excluding steroid dienone is 1. The highest BCUT2D eigenvalue weighted by Gasteiger charge is 2.22. The fraction of sp³-hybridized carbons (Fsp3) is 0.222. The molecule has 0 saturated carbocycles. The predicted molar refractivity (Wildman–Crippen MR) is 87.0 cm³/mol. The molecule has 0 saturated heterocycles. The second kappa shape index (κ2) is 5.94. The number of fused-ring (bicyclic) bond motifs is 2. The summed E-state index contributed by atoms with van der Waals surface area (Å²) in [6, 6.07) is 16.6. The molecule has 20 heavy (non-hydrogen) atoms. The summed E-state index contributed by atoms with van der Waals surface area (Å²) in [5.41, 5.74) is 5.90. The summed E-state index contributed by atoms with van der Waals surface area (Å²) < 4.78 is 0. The molecule has 1 aliphatic carbocycles. The molecule has 2 aromatic rings. The molecule has 1 atom stereocenters. The Morgan fingerprint density at radius 2 is 1.75 bits per heavy atom. The van der Waals surface area contributed by atoms with Crippen molar-refractivity contribution in [2.24, 2.45) is 0 Å². The summed E-state index contributed by atoms with van der Waals surface area (Å²) in [4.78, 5) is 0. The highest BCUT2D eigenvalue weighted by Crippen LogP contribution is 2.37. The maximum absolute atomic E-state index is 10.5. The van der Waals surface area contributed by atoms with E-state index in [4.69, 9.17) is 0 Å². The predicted octanol–water partition coefficient (Wildman–Crippen LogP) is 4.49. The summed E-state index contributed by atoms with van der Waals surface area (Å²) in [5.74, 6) is 0. The van der Waals surface area contributed by atoms with E-state index in [9.17, 15) is 5.11 Å². The fourth-order valence-corrected chi connectivity index (χ4v) is 3.10. The van der Waals surface area contributed by atoms with Gasteiger partial charge >= 0.3 is 0 Å². The Hall–Kier alpha value is -1.38. The molecule has 0 bridgehead atoms. The Balaban J connectivity index is 2.24. The molecule has 0 amide bonds. The van der Waals surface area contributed by atoms with Gasteiger partial charge in [-0.05, 0) is 34.2 Å². The molecule has 3 rings (SSSR count). The van der Waals surface area contributed by atoms with Crippen LogP contribution in [0.15, 0.2) is 54.6 Å². The summed E-state index contributed by atoms with van der Waals surface area (Å²) in [7, 11) is 0. The van der Waals surface area contributed by atoms with Crippen molar-refractivity contribution in [3.8, 4) is 0 Å². The third kappa shape index (κ3) is 2.46. The van der Waals surface area contributed by atoms with Gasteiger partial charge in [0.1, 0.15) is 0 Å². The van der Waals surface area contributed by atoms with Crippen LogP contribution in [-0.2, 0) is 6.42 Å². The first-order chi connectivity index (χ1) is 9.81. The molecule has 0 aromatic heterocycles. The molecule has 2 heteroatoms. The summed E-state index contributed by atoms with van der Waals surface area (Å²) in [6.45, 7) is 0. The van der Waals surface area contributed by atoms with E-state index < -0.39 is 6.10 Å². The SMILES string of the molecule is OC1Cc2ccccc2/C(=C/CCBr)c2ccccc21. The zero-order valence-corrected chi connectivity index (χ0v) is 12.8. The topological polar surface area (TPSA) is 20.2 Å². The van der Waals surface area contributed by atoms with Crippen molar-refractivity contribution in [3.63, 3.8) is 0 Å². The zero-order chi connectivity index (χ0) is 13.9. The van der Waals surface area contributed by atoms with Crippen LogP contribution in [0.2, 0.25) is 0 Å². The lowest BCUT2D eigenvalue weighted by atomic mass is 9.93. The minimum absolute atomic E-state index is 0.428. The van der Waals surface area contributed by atoms with Gasteiger partial charge in [0, 0.05) is 11.8 Å². The Kier molecular flexibility index (Phi) is 4.04. The molecule has 0 fully saturated rings. The van der Waals surface area contributed by atoms with Crippen molar-refractivity contribution in [1.82, 2.24) is 0 Å². The Morgan fingerprint density at radius 3 is 2.55 bits per heavy atom. The molecule has 102 valence electrons. The van der Waals surface area contributed by atoms with Crippen LogP contribution in [0.4, 0.5) is 0 Å². The second-order valence-electron chi connectivity index (χ2n) is 5.06. The highest BCUT2D eigenvalue weighted by molar-refractivity contribution is 9.09. The van der Waals surface area contributed by atoms with Crippen molar-refractivity contribution in [2.75, 3.05) is 5.33 Å². The third-order valence-corrected chi connectivity index (χ3v) is 4.25. The standard InChI is InChI=1S/C18H17BrO/c19-11-5-10-15-14-7-2-1-6-13(14)12-18(20)17-9-4-3-8-16(15)17/h1-4,6-10,18,20H,5,11-12H2/b15-10-. The monoisotopic (exact) mass is 328 g/mol. The lowest BCUT2D eigenvalue weighted by molar-refractivity contribution is 0.179. The van der Waals surface area contributed by atoms with Crippen LogP contribution in [0.5, 0.6) is 0 Å². The van der Waals surface area contributed by atoms with Gasteiger partial charge in [0.25, 0.3) is 0 Å². The van der Waals surface area contributed by atoms with Gasteiger partial charge in [0.15, 0.2) is 0 Å². The lowest BCUT2D eigenvalue weighted by Crippen LogP contribution is -2.01. The minimum Gasteiger partial charge on any atom is -0.388 e. The largest absolute Gasteiger partial charge is 0.388 e. The molecule has 1 nitrogen and oxygen atoms in total. The summed E-state index contributed by atoms with van der Waals surface area (Å²) >= 11 is 3.49. The summed E-state index contributed by atoms with van der Waals surface area (Å²) in [5, 5.41) is 11.4. The maximum atomic E-state index is 10.5. The molecular weight excluding hydrogens is 312 g/mol. The number of hydrogen-bond donors (Lipinski definition) is 1. The molecule has 0 radical (unpaired) electrons. The average Bonchev–Trinajstić information content (AvgIpc) is 2.60. The fourth-order valence-electron chi connectivity index (χ4n) is 2.88. The normalized spacial score (nSPS) is 19.3. The summed E-state index contributed by atoms with van der Waals surface area (Å²) in [6.07, 6.45) is 3.50. The van der Waals surface area contributed by atoms with E-state index in [-0.39, 0.29) is 0 Å². The van der Waals surface area contributed by atoms with E-state index in [1.807, 2.05) is 24.3 Å². The van der Waals surface area contributed by atoms with Gasteiger partial charge in [-0.3, -0.25) is 0 Å². The number of rotatable bonds is 2. The van der Waals surface area contributed by atoms with E-state index in [0.29, 0.717) is 6.42 Å². The number of halogens is 1. The number of benzene rings is 2. The molecule has 1 N–H and O–H groups in total. The van der Waals surface area contributed by atoms with Crippen LogP contribution in [0, 0.1) is 0 Å². The van der Waals surface area contributed by atoms with Crippen LogP contribution in [0.3, 0.4) is 0 Å². The molecule has 1 unspecified atom stereocenters. The van der Waals surface area contributed by atoms with E-state index in [2.05, 4.69) is 46.3 Å². The first-order valence-corrected chi connectivity index (χ1v) is 8.05. The first-order valence-electron chi connectivity index (χ1n) is 6.93. The molecular formula is C18H17BrO. The Labute approximate surface area is 128 Å². The van der Waals surface area contributed by atoms with Crippen molar-refractivity contribution in [2.45, 2.75) is 18.9 Å². The quantitative estimate of drug-likeness (QED) is 0.805. The van der Waals surface area contributed by atoms with Crippen LogP contribution in [-0.4, -0.2) is 10.4 Å². The van der Waals surface area contributed by atoms with E-state index >= 15 is 0 Å². The van der Waals surface area contributed by atoms with Crippen LogP contribution < -0.4 is 0 Å². The average molecular weight is 329 g/mol. The Bertz CT molecular complexity index is 645. The highest BCUT2D eigenvalue weighted by atomic mass is 79.9. The minimum atomic E-state index is -0.428. The number of aliphatic hydroxyl groups excluding tert-OH is 1. The molecule has 2 aromatic carbocycles. The second-order valence-corrected chi connectivity index (χ2v) is 5.85. The third-order valence-electron chi connectivity index (χ3n) is 3.79. The number of alkyl halides is 1. The van der Waals surface area contributed by atoms with Crippen molar-refractivity contribution >= 4 is 21.5 Å². The van der Waals surface area contributed by atoms with Crippen molar-refractivity contribution < 1.29 is 5.11 Å². The molecule has 0 spiro atoms. The lowest BCUT2D eigenvalue weighted by Gasteiger charge is -2.12. The van der Waals surface area contributed by atoms with Gasteiger partial charge < -0.3 is 5.11 Å². The van der Waals surface area contributed by atoms with Gasteiger partial charge in [-0.2, -0.15) is 0 Å². The molecule has 0 aliphatic heterocycles. The number of hydrogen-bond acceptors (Lipinski definition) is 1. The van der Waals surface area contributed by atoms with E-state index in [1.165, 1.54) is 16.7 Å². The molecule has 0 heterocycles. The van der Waals surface area contributed by atoms with Crippen LogP contribution in [0.1, 0.15) is 34.8 Å². The first kappa shape index (κ1) is 13.6. The number of aliphatic hydroxyl groups is 1. The van der Waals surface area contributed by atoms with E-state index in [0.717, 1.165) is 22.9 Å². The van der Waals surface area contributed by atoms with Gasteiger partial charge in [-0.25, -0.2) is 0 Å². The van der Waals surface area contributed by atoms with Crippen LogP contribution >= 0.6 is 15.9 Å². The van der Waals surface area contributed by atoms with E-state index in [1.54, 1.807) is 0 Å². The van der Waals surface area contributed by atoms with Gasteiger partial charge in [0.05, 0.1) is 6.10 Å². The van der Waals surface area contributed by atoms with Crippen molar-refractivity contribution in [3.05, 3.63) is 76.9 Å².